The Morgan fingerprint density at radius 3 is 2.01 bits per heavy atom. The highest BCUT2D eigenvalue weighted by molar-refractivity contribution is 8.00. The highest BCUT2D eigenvalue weighted by Crippen LogP contribution is 2.33. The molecule has 0 bridgehead atoms. The number of nitrogens with one attached hydrogen (secondary N) is 8. The summed E-state index contributed by atoms with van der Waals surface area (Å²) in [4.78, 5) is 68.9. The minimum absolute atomic E-state index is 0.0618. The molecule has 3 aromatic rings. The van der Waals surface area contributed by atoms with Crippen LogP contribution < -0.4 is 47.3 Å². The summed E-state index contributed by atoms with van der Waals surface area (Å²) in [5, 5.41) is 24.3. The summed E-state index contributed by atoms with van der Waals surface area (Å²) in [7, 11) is 0. The maximum absolute atomic E-state index is 12.3. The molecule has 2 saturated heterocycles. The Balaban J connectivity index is 0.775. The highest BCUT2D eigenvalue weighted by atomic mass is 32.2. The number of rotatable bonds is 34. The number of aryl methyl sites for hydroxylation is 1. The van der Waals surface area contributed by atoms with Crippen LogP contribution in [0.5, 0.6) is 5.75 Å². The molecule has 2 aliphatic heterocycles. The first kappa shape index (κ1) is 53.0. The van der Waals surface area contributed by atoms with Crippen molar-refractivity contribution in [2.45, 2.75) is 88.5 Å². The number of aromatic nitrogens is 2. The van der Waals surface area contributed by atoms with E-state index in [1.165, 1.54) is 6.08 Å². The van der Waals surface area contributed by atoms with E-state index in [2.05, 4.69) is 59.1 Å². The fraction of sp³-hybridized carbons (Fsp3) is 0.521. The van der Waals surface area contributed by atoms with Crippen molar-refractivity contribution in [3.05, 3.63) is 72.9 Å². The molecule has 6 amide bonds. The van der Waals surface area contributed by atoms with Gasteiger partial charge in [0.15, 0.2) is 0 Å². The molecule has 0 spiro atoms. The number of benzene rings is 2. The summed E-state index contributed by atoms with van der Waals surface area (Å²) >= 11 is 1.90. The highest BCUT2D eigenvalue weighted by Gasteiger charge is 2.42. The van der Waals surface area contributed by atoms with E-state index >= 15 is 0 Å². The Morgan fingerprint density at radius 1 is 0.735 bits per heavy atom. The van der Waals surface area contributed by atoms with E-state index in [4.69, 9.17) is 18.9 Å². The van der Waals surface area contributed by atoms with E-state index in [0.717, 1.165) is 48.4 Å². The Labute approximate surface area is 403 Å². The number of hydrogen-bond acceptors (Lipinski definition) is 14. The molecular weight excluding hydrogens is 893 g/mol. The predicted molar refractivity (Wildman–Crippen MR) is 264 cm³/mol. The molecule has 370 valence electrons. The lowest BCUT2D eigenvalue weighted by molar-refractivity contribution is -0.123. The molecule has 20 heteroatoms. The van der Waals surface area contributed by atoms with Gasteiger partial charge in [0, 0.05) is 98.0 Å². The van der Waals surface area contributed by atoms with Crippen molar-refractivity contribution in [2.75, 3.05) is 87.6 Å². The lowest BCUT2D eigenvalue weighted by Gasteiger charge is -2.16. The summed E-state index contributed by atoms with van der Waals surface area (Å²) in [6, 6.07) is 15.1. The van der Waals surface area contributed by atoms with E-state index in [1.807, 2.05) is 55.1 Å². The number of thioether (sulfide) groups is 1. The molecule has 3 atom stereocenters. The van der Waals surface area contributed by atoms with Gasteiger partial charge in [-0.2, -0.15) is 16.7 Å². The van der Waals surface area contributed by atoms with Crippen LogP contribution in [0.2, 0.25) is 0 Å². The number of carbonyl (C=O) groups is 5. The molecule has 2 unspecified atom stereocenters. The minimum atomic E-state index is -0.296. The Kier molecular flexibility index (Phi) is 23.7. The molecule has 0 saturated carbocycles. The van der Waals surface area contributed by atoms with Crippen LogP contribution in [0.1, 0.15) is 69.8 Å². The van der Waals surface area contributed by atoms with Crippen molar-refractivity contribution in [1.82, 2.24) is 36.6 Å². The van der Waals surface area contributed by atoms with E-state index < -0.39 is 0 Å². The zero-order valence-electron chi connectivity index (χ0n) is 39.0. The summed E-state index contributed by atoms with van der Waals surface area (Å²) in [6.07, 6.45) is 9.26. The molecule has 3 heterocycles. The fourth-order valence-corrected chi connectivity index (χ4v) is 8.75. The van der Waals surface area contributed by atoms with Gasteiger partial charge in [-0.1, -0.05) is 25.1 Å². The maximum Gasteiger partial charge on any atom is 0.315 e. The fourth-order valence-electron chi connectivity index (χ4n) is 7.21. The largest absolute Gasteiger partial charge is 0.493 e. The SMILES string of the molecule is C=CC(=O)Nc1cccc(Nc2nc(Nc3cccc(OCCCNC(=O)CCCC(=O)NCCCOCCOCCOCCCNC(=O)CCCC[C@@H]4SCC5NC(=O)NC54)c3)ncc2C)c1. The lowest BCUT2D eigenvalue weighted by Crippen LogP contribution is -2.36. The summed E-state index contributed by atoms with van der Waals surface area (Å²) in [5.74, 6) is 2.16. The van der Waals surface area contributed by atoms with E-state index in [-0.39, 0.29) is 54.6 Å². The second-order valence-electron chi connectivity index (χ2n) is 16.3. The molecule has 2 fully saturated rings. The van der Waals surface area contributed by atoms with Crippen molar-refractivity contribution in [3.63, 3.8) is 0 Å². The van der Waals surface area contributed by atoms with Gasteiger partial charge in [0.2, 0.25) is 29.6 Å². The van der Waals surface area contributed by atoms with Gasteiger partial charge in [-0.05, 0) is 81.9 Å². The monoisotopic (exact) mass is 960 g/mol. The number of ether oxygens (including phenoxy) is 4. The van der Waals surface area contributed by atoms with Crippen molar-refractivity contribution >= 4 is 70.3 Å². The number of unbranched alkanes of at least 4 members (excludes halogenated alkanes) is 1. The number of hydrogen-bond donors (Lipinski definition) is 8. The quantitative estimate of drug-likeness (QED) is 0.0217. The second kappa shape index (κ2) is 30.4. The first-order chi connectivity index (χ1) is 33.1. The summed E-state index contributed by atoms with van der Waals surface area (Å²) in [5.41, 5.74) is 2.94. The number of carbonyl (C=O) groups excluding carboxylic acids is 5. The van der Waals surface area contributed by atoms with Gasteiger partial charge in [-0.15, -0.1) is 0 Å². The van der Waals surface area contributed by atoms with Crippen LogP contribution in [0.4, 0.5) is 33.6 Å². The van der Waals surface area contributed by atoms with Gasteiger partial charge < -0.3 is 61.5 Å². The van der Waals surface area contributed by atoms with Gasteiger partial charge in [-0.3, -0.25) is 19.2 Å². The molecule has 2 aromatic carbocycles. The number of amides is 6. The number of fused-ring (bicyclic) bond motifs is 1. The number of nitrogens with zero attached hydrogens (tertiary/aromatic N) is 2. The molecular formula is C48H68N10O9S. The second-order valence-corrected chi connectivity index (χ2v) is 17.6. The van der Waals surface area contributed by atoms with Crippen LogP contribution in [-0.4, -0.2) is 129 Å². The zero-order chi connectivity index (χ0) is 48.2. The Bertz CT molecular complexity index is 2080. The number of anilines is 5. The van der Waals surface area contributed by atoms with Crippen LogP contribution in [0.25, 0.3) is 0 Å². The zero-order valence-corrected chi connectivity index (χ0v) is 39.9. The third-order valence-corrected chi connectivity index (χ3v) is 12.3. The molecule has 2 aliphatic rings. The molecule has 0 aliphatic carbocycles. The summed E-state index contributed by atoms with van der Waals surface area (Å²) in [6.45, 7) is 10.2. The van der Waals surface area contributed by atoms with Crippen LogP contribution in [0.15, 0.2) is 67.4 Å². The van der Waals surface area contributed by atoms with Gasteiger partial charge >= 0.3 is 6.03 Å². The third-order valence-electron chi connectivity index (χ3n) is 10.8. The van der Waals surface area contributed by atoms with Crippen LogP contribution in [0, 0.1) is 6.92 Å². The molecule has 19 nitrogen and oxygen atoms in total. The number of urea groups is 1. The Morgan fingerprint density at radius 2 is 1.34 bits per heavy atom. The third kappa shape index (κ3) is 20.5. The van der Waals surface area contributed by atoms with Crippen LogP contribution in [0.3, 0.4) is 0 Å². The van der Waals surface area contributed by atoms with Crippen LogP contribution in [-0.2, 0) is 33.4 Å². The van der Waals surface area contributed by atoms with Crippen molar-refractivity contribution in [1.29, 1.82) is 0 Å². The first-order valence-corrected chi connectivity index (χ1v) is 24.6. The average molecular weight is 961 g/mol. The molecule has 5 rings (SSSR count). The van der Waals surface area contributed by atoms with Crippen molar-refractivity contribution in [3.8, 4) is 5.75 Å². The van der Waals surface area contributed by atoms with E-state index in [1.54, 1.807) is 18.3 Å². The van der Waals surface area contributed by atoms with Gasteiger partial charge in [0.05, 0.1) is 45.1 Å². The summed E-state index contributed by atoms with van der Waals surface area (Å²) < 4.78 is 22.6. The van der Waals surface area contributed by atoms with Crippen molar-refractivity contribution in [2.24, 2.45) is 0 Å². The molecule has 68 heavy (non-hydrogen) atoms. The normalized spacial score (nSPS) is 15.9. The average Bonchev–Trinajstić information content (AvgIpc) is 3.89. The van der Waals surface area contributed by atoms with E-state index in [9.17, 15) is 24.0 Å². The predicted octanol–water partition coefficient (Wildman–Crippen LogP) is 5.24. The van der Waals surface area contributed by atoms with Crippen LogP contribution >= 0.6 is 11.8 Å². The maximum atomic E-state index is 12.3. The smallest absolute Gasteiger partial charge is 0.315 e. The molecule has 0 radical (unpaired) electrons. The van der Waals surface area contributed by atoms with Gasteiger partial charge in [-0.25, -0.2) is 9.78 Å². The Hall–Kier alpha value is -5.96. The lowest BCUT2D eigenvalue weighted by atomic mass is 10.0. The van der Waals surface area contributed by atoms with E-state index in [0.29, 0.717) is 120 Å². The standard InChI is InChI=1S/C48H68N10O9S/c1-3-41(59)53-35-12-6-13-36(30-35)54-46-34(2)32-52-47(58-46)55-37-14-7-15-38(31-37)67-25-11-22-51-44(62)19-8-18-43(61)50-21-10-24-65-27-29-66-28-26-64-23-9-20-49-42(60)17-5-4-16-40-45-39(33-68-40)56-48(63)57-45/h3,6-7,12-15,30-32,39-40,45H,1,4-5,8-11,16-29,33H2,2H3,(H,49,60)(H,50,61)(H,51,62)(H,53,59)(H2,56,57,63)(H2,52,54,55,58)/t39?,40-,45?/m0/s1. The van der Waals surface area contributed by atoms with Gasteiger partial charge in [0.1, 0.15) is 11.6 Å². The molecule has 8 N–H and O–H groups in total. The van der Waals surface area contributed by atoms with Gasteiger partial charge in [0.25, 0.3) is 0 Å². The topological polar surface area (TPSA) is 244 Å². The molecule has 1 aromatic heterocycles. The van der Waals surface area contributed by atoms with Crippen molar-refractivity contribution < 1.29 is 42.9 Å². The first-order valence-electron chi connectivity index (χ1n) is 23.5. The minimum Gasteiger partial charge on any atom is -0.493 e.